The van der Waals surface area contributed by atoms with Crippen LogP contribution in [0.4, 0.5) is 27.8 Å². The summed E-state index contributed by atoms with van der Waals surface area (Å²) in [7, 11) is 1.33. The van der Waals surface area contributed by atoms with Crippen LogP contribution in [0.1, 0.15) is 41.0 Å². The molecule has 0 fully saturated rings. The van der Waals surface area contributed by atoms with Crippen molar-refractivity contribution in [3.63, 3.8) is 0 Å². The Hall–Kier alpha value is -3.63. The monoisotopic (exact) mass is 453 g/mol. The number of rotatable bonds is 5. The first-order valence-electron chi connectivity index (χ1n) is 9.35. The zero-order valence-corrected chi connectivity index (χ0v) is 16.5. The van der Waals surface area contributed by atoms with E-state index in [2.05, 4.69) is 15.5 Å². The van der Waals surface area contributed by atoms with Crippen molar-refractivity contribution in [3.05, 3.63) is 64.8 Å². The standard InChI is InChI=1S/C21H16F5N3O3/c1-31-17-6-10(14-8-18(30)28-20-15(14)9-27-29-20)2-3-16(17)32-13-5-11(19(22)23)4-12(7-13)21(24,25)26/h2-7,9,14,19H,8H2,1H3,(H2,27,28,29,30). The third-order valence-electron chi connectivity index (χ3n) is 5.02. The smallest absolute Gasteiger partial charge is 0.416 e. The number of aromatic nitrogens is 2. The summed E-state index contributed by atoms with van der Waals surface area (Å²) in [5.74, 6) is -0.362. The molecular formula is C21H16F5N3O3. The van der Waals surface area contributed by atoms with Crippen molar-refractivity contribution < 1.29 is 36.2 Å². The highest BCUT2D eigenvalue weighted by Gasteiger charge is 2.33. The molecule has 4 rings (SSSR count). The number of nitrogens with one attached hydrogen (secondary N) is 2. The van der Waals surface area contributed by atoms with Gasteiger partial charge in [-0.1, -0.05) is 6.07 Å². The molecule has 1 aliphatic rings. The van der Waals surface area contributed by atoms with Gasteiger partial charge in [0, 0.05) is 29.7 Å². The number of benzene rings is 2. The molecule has 1 atom stereocenters. The lowest BCUT2D eigenvalue weighted by Gasteiger charge is -2.23. The van der Waals surface area contributed by atoms with Crippen molar-refractivity contribution in [2.75, 3.05) is 12.4 Å². The van der Waals surface area contributed by atoms with Crippen molar-refractivity contribution in [2.45, 2.75) is 24.9 Å². The number of hydrogen-bond acceptors (Lipinski definition) is 4. The lowest BCUT2D eigenvalue weighted by molar-refractivity contribution is -0.137. The van der Waals surface area contributed by atoms with Crippen LogP contribution in [0.3, 0.4) is 0 Å². The molecule has 2 N–H and O–H groups in total. The Bertz CT molecular complexity index is 1160. The topological polar surface area (TPSA) is 76.2 Å². The molecule has 3 aromatic rings. The van der Waals surface area contributed by atoms with Gasteiger partial charge in [-0.05, 0) is 35.9 Å². The summed E-state index contributed by atoms with van der Waals surface area (Å²) >= 11 is 0. The van der Waals surface area contributed by atoms with Gasteiger partial charge in [0.25, 0.3) is 6.43 Å². The van der Waals surface area contributed by atoms with E-state index in [0.717, 1.165) is 11.6 Å². The number of aromatic amines is 1. The number of H-pyrrole nitrogens is 1. The van der Waals surface area contributed by atoms with E-state index < -0.39 is 29.5 Å². The molecule has 0 spiro atoms. The van der Waals surface area contributed by atoms with Gasteiger partial charge in [-0.2, -0.15) is 18.3 Å². The molecular weight excluding hydrogens is 437 g/mol. The second-order valence-electron chi connectivity index (χ2n) is 7.10. The van der Waals surface area contributed by atoms with Crippen LogP contribution in [0.15, 0.2) is 42.6 Å². The number of amides is 1. The normalized spacial score (nSPS) is 16.0. The third-order valence-corrected chi connectivity index (χ3v) is 5.02. The minimum atomic E-state index is -4.82. The summed E-state index contributed by atoms with van der Waals surface area (Å²) in [5.41, 5.74) is -0.614. The predicted octanol–water partition coefficient (Wildman–Crippen LogP) is 5.64. The van der Waals surface area contributed by atoms with Crippen LogP contribution in [0.2, 0.25) is 0 Å². The van der Waals surface area contributed by atoms with Crippen LogP contribution in [-0.2, 0) is 11.0 Å². The largest absolute Gasteiger partial charge is 0.493 e. The first-order valence-corrected chi connectivity index (χ1v) is 9.35. The van der Waals surface area contributed by atoms with Crippen molar-refractivity contribution in [2.24, 2.45) is 0 Å². The highest BCUT2D eigenvalue weighted by atomic mass is 19.4. The molecule has 11 heteroatoms. The fourth-order valence-electron chi connectivity index (χ4n) is 3.52. The SMILES string of the molecule is COc1cc(C2CC(=O)Nc3n[nH]cc32)ccc1Oc1cc(C(F)F)cc(C(F)(F)F)c1. The average molecular weight is 453 g/mol. The Kier molecular flexibility index (Phi) is 5.49. The predicted molar refractivity (Wildman–Crippen MR) is 103 cm³/mol. The summed E-state index contributed by atoms with van der Waals surface area (Å²) in [5, 5.41) is 9.33. The quantitative estimate of drug-likeness (QED) is 0.490. The van der Waals surface area contributed by atoms with Gasteiger partial charge < -0.3 is 14.8 Å². The fourth-order valence-corrected chi connectivity index (χ4v) is 3.52. The van der Waals surface area contributed by atoms with Crippen LogP contribution in [0, 0.1) is 0 Å². The number of methoxy groups -OCH3 is 1. The lowest BCUT2D eigenvalue weighted by atomic mass is 9.87. The number of fused-ring (bicyclic) bond motifs is 1. The van der Waals surface area contributed by atoms with Crippen LogP contribution in [0.25, 0.3) is 0 Å². The summed E-state index contributed by atoms with van der Waals surface area (Å²) in [4.78, 5) is 12.0. The van der Waals surface area contributed by atoms with Gasteiger partial charge in [0.05, 0.1) is 12.7 Å². The van der Waals surface area contributed by atoms with Crippen molar-refractivity contribution in [3.8, 4) is 17.2 Å². The maximum absolute atomic E-state index is 13.1. The molecule has 2 heterocycles. The van der Waals surface area contributed by atoms with E-state index in [9.17, 15) is 26.7 Å². The van der Waals surface area contributed by atoms with Crippen LogP contribution in [0.5, 0.6) is 17.2 Å². The number of carbonyl (C=O) groups excluding carboxylic acids is 1. The summed E-state index contributed by atoms with van der Waals surface area (Å²) in [6.45, 7) is 0. The molecule has 0 saturated heterocycles. The zero-order chi connectivity index (χ0) is 23.0. The summed E-state index contributed by atoms with van der Waals surface area (Å²) in [6.07, 6.45) is -6.11. The number of alkyl halides is 5. The molecule has 0 saturated carbocycles. The number of carbonyl (C=O) groups is 1. The Labute approximate surface area is 178 Å². The second kappa shape index (κ2) is 8.13. The van der Waals surface area contributed by atoms with Crippen LogP contribution < -0.4 is 14.8 Å². The fraction of sp³-hybridized carbons (Fsp3) is 0.238. The summed E-state index contributed by atoms with van der Waals surface area (Å²) in [6, 6.07) is 6.52. The molecule has 1 aliphatic heterocycles. The van der Waals surface area contributed by atoms with E-state index in [0.29, 0.717) is 23.5 Å². The van der Waals surface area contributed by atoms with E-state index >= 15 is 0 Å². The number of ether oxygens (including phenoxy) is 2. The Morgan fingerprint density at radius 3 is 2.59 bits per heavy atom. The molecule has 32 heavy (non-hydrogen) atoms. The lowest BCUT2D eigenvalue weighted by Crippen LogP contribution is -2.22. The Morgan fingerprint density at radius 2 is 1.91 bits per heavy atom. The van der Waals surface area contributed by atoms with E-state index in [-0.39, 0.29) is 29.7 Å². The van der Waals surface area contributed by atoms with Crippen LogP contribution in [-0.4, -0.2) is 23.2 Å². The number of halogens is 5. The maximum Gasteiger partial charge on any atom is 0.416 e. The molecule has 2 aromatic carbocycles. The molecule has 6 nitrogen and oxygen atoms in total. The first kappa shape index (κ1) is 21.6. The third kappa shape index (κ3) is 4.23. The van der Waals surface area contributed by atoms with E-state index in [4.69, 9.17) is 9.47 Å². The molecule has 0 aliphatic carbocycles. The molecule has 0 bridgehead atoms. The van der Waals surface area contributed by atoms with Gasteiger partial charge in [-0.25, -0.2) is 8.78 Å². The average Bonchev–Trinajstić information content (AvgIpc) is 3.21. The highest BCUT2D eigenvalue weighted by Crippen LogP contribution is 2.42. The van der Waals surface area contributed by atoms with Gasteiger partial charge in [-0.3, -0.25) is 9.89 Å². The highest BCUT2D eigenvalue weighted by molar-refractivity contribution is 5.94. The van der Waals surface area contributed by atoms with Crippen molar-refractivity contribution in [1.82, 2.24) is 10.2 Å². The summed E-state index contributed by atoms with van der Waals surface area (Å²) < 4.78 is 76.3. The van der Waals surface area contributed by atoms with Gasteiger partial charge in [0.1, 0.15) is 5.75 Å². The van der Waals surface area contributed by atoms with E-state index in [1.54, 1.807) is 18.3 Å². The van der Waals surface area contributed by atoms with Crippen LogP contribution >= 0.6 is 0 Å². The van der Waals surface area contributed by atoms with Gasteiger partial charge >= 0.3 is 6.18 Å². The van der Waals surface area contributed by atoms with E-state index in [1.807, 2.05) is 0 Å². The maximum atomic E-state index is 13.1. The molecule has 1 amide bonds. The van der Waals surface area contributed by atoms with Gasteiger partial charge in [0.2, 0.25) is 5.91 Å². The number of nitrogens with zero attached hydrogens (tertiary/aromatic N) is 1. The van der Waals surface area contributed by atoms with Crippen molar-refractivity contribution >= 4 is 11.7 Å². The number of hydrogen-bond donors (Lipinski definition) is 2. The molecule has 1 unspecified atom stereocenters. The zero-order valence-electron chi connectivity index (χ0n) is 16.5. The van der Waals surface area contributed by atoms with Gasteiger partial charge in [0.15, 0.2) is 17.3 Å². The Balaban J connectivity index is 1.68. The molecule has 0 radical (unpaired) electrons. The Morgan fingerprint density at radius 1 is 1.12 bits per heavy atom. The molecule has 1 aromatic heterocycles. The van der Waals surface area contributed by atoms with E-state index in [1.165, 1.54) is 13.2 Å². The van der Waals surface area contributed by atoms with Crippen molar-refractivity contribution in [1.29, 1.82) is 0 Å². The van der Waals surface area contributed by atoms with Gasteiger partial charge in [-0.15, -0.1) is 0 Å². The number of anilines is 1. The molecule has 168 valence electrons. The second-order valence-corrected chi connectivity index (χ2v) is 7.10. The first-order chi connectivity index (χ1) is 15.2. The minimum absolute atomic E-state index is 0.0310. The minimum Gasteiger partial charge on any atom is -0.493 e.